The molecule has 134 valence electrons. The minimum Gasteiger partial charge on any atom is -0.352 e. The lowest BCUT2D eigenvalue weighted by Crippen LogP contribution is -2.25. The fourth-order valence-electron chi connectivity index (χ4n) is 2.06. The van der Waals surface area contributed by atoms with Crippen LogP contribution in [-0.4, -0.2) is 26.6 Å². The van der Waals surface area contributed by atoms with Crippen LogP contribution in [0.4, 0.5) is 8.78 Å². The fraction of sp³-hybridized carbons (Fsp3) is 0.188. The Kier molecular flexibility index (Phi) is 6.51. The highest BCUT2D eigenvalue weighted by Gasteiger charge is 2.09. The first-order valence-electron chi connectivity index (χ1n) is 7.20. The monoisotopic (exact) mass is 386 g/mol. The summed E-state index contributed by atoms with van der Waals surface area (Å²) in [5.41, 5.74) is 1.22. The molecule has 0 aromatic heterocycles. The van der Waals surface area contributed by atoms with Crippen molar-refractivity contribution in [2.24, 2.45) is 5.14 Å². The van der Waals surface area contributed by atoms with Gasteiger partial charge in [0.15, 0.2) is 0 Å². The zero-order valence-electron chi connectivity index (χ0n) is 13.0. The van der Waals surface area contributed by atoms with Gasteiger partial charge in [0.25, 0.3) is 11.7 Å². The van der Waals surface area contributed by atoms with E-state index in [-0.39, 0.29) is 10.8 Å². The minimum atomic E-state index is -3.72. The molecule has 0 saturated heterocycles. The van der Waals surface area contributed by atoms with Gasteiger partial charge in [-0.1, -0.05) is 23.9 Å². The van der Waals surface area contributed by atoms with E-state index in [0.717, 1.165) is 5.56 Å². The maximum absolute atomic E-state index is 12.2. The predicted molar refractivity (Wildman–Crippen MR) is 92.2 cm³/mol. The van der Waals surface area contributed by atoms with Gasteiger partial charge in [0.1, 0.15) is 0 Å². The molecule has 0 saturated carbocycles. The number of carbonyl (C=O) groups is 1. The van der Waals surface area contributed by atoms with Crippen LogP contribution >= 0.6 is 11.8 Å². The number of benzene rings is 2. The quantitative estimate of drug-likeness (QED) is 0.716. The summed E-state index contributed by atoms with van der Waals surface area (Å²) < 4.78 is 46.8. The second-order valence-corrected chi connectivity index (χ2v) is 7.72. The summed E-state index contributed by atoms with van der Waals surface area (Å²) in [4.78, 5) is 12.4. The lowest BCUT2D eigenvalue weighted by molar-refractivity contribution is 0.0954. The van der Waals surface area contributed by atoms with E-state index in [1.807, 2.05) is 0 Å². The molecule has 9 heteroatoms. The molecule has 0 aliphatic carbocycles. The van der Waals surface area contributed by atoms with Crippen LogP contribution in [0.15, 0.2) is 58.3 Å². The summed E-state index contributed by atoms with van der Waals surface area (Å²) >= 11 is 0.420. The molecule has 0 fully saturated rings. The number of primary sulfonamides is 1. The number of rotatable bonds is 7. The van der Waals surface area contributed by atoms with Crippen LogP contribution in [0.3, 0.4) is 0 Å². The molecule has 2 rings (SSSR count). The topological polar surface area (TPSA) is 89.3 Å². The molecule has 0 radical (unpaired) electrons. The van der Waals surface area contributed by atoms with Gasteiger partial charge in [0.05, 0.1) is 4.90 Å². The molecule has 3 N–H and O–H groups in total. The molecule has 0 bridgehead atoms. The van der Waals surface area contributed by atoms with Crippen LogP contribution in [0.25, 0.3) is 0 Å². The molecule has 0 heterocycles. The number of hydrogen-bond donors (Lipinski definition) is 2. The number of nitrogens with two attached hydrogens (primary N) is 1. The third-order valence-corrected chi connectivity index (χ3v) is 4.94. The zero-order valence-corrected chi connectivity index (χ0v) is 14.6. The number of nitrogens with one attached hydrogen (secondary N) is 1. The first-order valence-corrected chi connectivity index (χ1v) is 9.63. The molecular formula is C16H16F2N2O3S2. The van der Waals surface area contributed by atoms with Crippen LogP contribution in [-0.2, 0) is 16.4 Å². The molecule has 2 aromatic carbocycles. The molecule has 0 aliphatic rings. The molecule has 5 nitrogen and oxygen atoms in total. The number of thioether (sulfide) groups is 1. The first kappa shape index (κ1) is 19.4. The third-order valence-electron chi connectivity index (χ3n) is 3.29. The van der Waals surface area contributed by atoms with Gasteiger partial charge in [0.2, 0.25) is 10.0 Å². The summed E-state index contributed by atoms with van der Waals surface area (Å²) in [6.45, 7) is 0.348. The number of sulfonamides is 1. The van der Waals surface area contributed by atoms with E-state index in [1.165, 1.54) is 36.4 Å². The lowest BCUT2D eigenvalue weighted by Gasteiger charge is -2.07. The second-order valence-electron chi connectivity index (χ2n) is 5.10. The molecule has 2 aromatic rings. The minimum absolute atomic E-state index is 0.0297. The maximum Gasteiger partial charge on any atom is 0.288 e. The Morgan fingerprint density at radius 1 is 1.08 bits per heavy atom. The SMILES string of the molecule is NS(=O)(=O)c1ccc(CCNC(=O)c2ccc(SC(F)F)cc2)cc1. The van der Waals surface area contributed by atoms with Gasteiger partial charge in [-0.15, -0.1) is 0 Å². The number of hydrogen-bond acceptors (Lipinski definition) is 4. The van der Waals surface area contributed by atoms with Crippen molar-refractivity contribution < 1.29 is 22.0 Å². The van der Waals surface area contributed by atoms with Gasteiger partial charge < -0.3 is 5.32 Å². The normalized spacial score (nSPS) is 11.5. The Morgan fingerprint density at radius 3 is 2.20 bits per heavy atom. The van der Waals surface area contributed by atoms with Gasteiger partial charge in [-0.25, -0.2) is 13.6 Å². The van der Waals surface area contributed by atoms with Crippen LogP contribution in [0.2, 0.25) is 0 Å². The van der Waals surface area contributed by atoms with E-state index in [2.05, 4.69) is 5.32 Å². The summed E-state index contributed by atoms with van der Waals surface area (Å²) in [5, 5.41) is 7.74. The van der Waals surface area contributed by atoms with Crippen LogP contribution < -0.4 is 10.5 Å². The number of carbonyl (C=O) groups excluding carboxylic acids is 1. The molecule has 0 unspecified atom stereocenters. The first-order chi connectivity index (χ1) is 11.8. The molecule has 0 spiro atoms. The standard InChI is InChI=1S/C16H16F2N2O3S2/c17-16(18)24-13-5-3-12(4-6-13)15(21)20-10-9-11-1-7-14(8-2-11)25(19,22)23/h1-8,16H,9-10H2,(H,20,21)(H2,19,22,23). The van der Waals surface area contributed by atoms with Crippen molar-refractivity contribution in [3.05, 3.63) is 59.7 Å². The van der Waals surface area contributed by atoms with E-state index in [0.29, 0.717) is 35.2 Å². The highest BCUT2D eigenvalue weighted by Crippen LogP contribution is 2.25. The van der Waals surface area contributed by atoms with Crippen LogP contribution in [0.5, 0.6) is 0 Å². The highest BCUT2D eigenvalue weighted by atomic mass is 32.2. The van der Waals surface area contributed by atoms with Crippen molar-refractivity contribution in [3.63, 3.8) is 0 Å². The van der Waals surface area contributed by atoms with Crippen LogP contribution in [0, 0.1) is 0 Å². The van der Waals surface area contributed by atoms with Crippen molar-refractivity contribution in [3.8, 4) is 0 Å². The number of halogens is 2. The summed E-state index contributed by atoms with van der Waals surface area (Å²) in [6.07, 6.45) is 0.510. The largest absolute Gasteiger partial charge is 0.352 e. The Labute approximate surface area is 148 Å². The average molecular weight is 386 g/mol. The van der Waals surface area contributed by atoms with Gasteiger partial charge in [-0.2, -0.15) is 8.78 Å². The average Bonchev–Trinajstić information content (AvgIpc) is 2.54. The van der Waals surface area contributed by atoms with E-state index in [1.54, 1.807) is 12.1 Å². The summed E-state index contributed by atoms with van der Waals surface area (Å²) in [7, 11) is -3.72. The Balaban J connectivity index is 1.86. The van der Waals surface area contributed by atoms with Crippen molar-refractivity contribution >= 4 is 27.7 Å². The lowest BCUT2D eigenvalue weighted by atomic mass is 10.1. The molecule has 0 aliphatic heterocycles. The number of alkyl halides is 2. The summed E-state index contributed by atoms with van der Waals surface area (Å²) in [5.74, 6) is -2.81. The van der Waals surface area contributed by atoms with Crippen molar-refractivity contribution in [1.29, 1.82) is 0 Å². The van der Waals surface area contributed by atoms with Crippen LogP contribution in [0.1, 0.15) is 15.9 Å². The van der Waals surface area contributed by atoms with E-state index in [9.17, 15) is 22.0 Å². The summed E-state index contributed by atoms with van der Waals surface area (Å²) in [6, 6.07) is 12.0. The molecule has 0 atom stereocenters. The fourth-order valence-corrected chi connectivity index (χ4v) is 3.07. The van der Waals surface area contributed by atoms with E-state index in [4.69, 9.17) is 5.14 Å². The van der Waals surface area contributed by atoms with Gasteiger partial charge in [-0.05, 0) is 48.4 Å². The molecular weight excluding hydrogens is 370 g/mol. The van der Waals surface area contributed by atoms with Crippen molar-refractivity contribution in [2.75, 3.05) is 6.54 Å². The van der Waals surface area contributed by atoms with Gasteiger partial charge in [-0.3, -0.25) is 4.79 Å². The zero-order chi connectivity index (χ0) is 18.4. The van der Waals surface area contributed by atoms with Crippen molar-refractivity contribution in [2.45, 2.75) is 22.0 Å². The second kappa shape index (κ2) is 8.41. The Morgan fingerprint density at radius 2 is 1.68 bits per heavy atom. The van der Waals surface area contributed by atoms with Gasteiger partial charge >= 0.3 is 0 Å². The molecule has 25 heavy (non-hydrogen) atoms. The smallest absolute Gasteiger partial charge is 0.288 e. The highest BCUT2D eigenvalue weighted by molar-refractivity contribution is 7.99. The maximum atomic E-state index is 12.2. The predicted octanol–water partition coefficient (Wildman–Crippen LogP) is 2.62. The van der Waals surface area contributed by atoms with Crippen molar-refractivity contribution in [1.82, 2.24) is 5.32 Å². The molecule has 1 amide bonds. The van der Waals surface area contributed by atoms with E-state index < -0.39 is 15.8 Å². The third kappa shape index (κ3) is 6.11. The Bertz CT molecular complexity index is 823. The van der Waals surface area contributed by atoms with E-state index >= 15 is 0 Å². The Hall–Kier alpha value is -1.97. The number of amides is 1. The van der Waals surface area contributed by atoms with Gasteiger partial charge in [0, 0.05) is 17.0 Å².